The lowest BCUT2D eigenvalue weighted by atomic mass is 10.1. The van der Waals surface area contributed by atoms with Crippen LogP contribution in [0.5, 0.6) is 0 Å². The molecule has 1 aromatic rings. The average Bonchev–Trinajstić information content (AvgIpc) is 2.78. The molecule has 0 aliphatic carbocycles. The molecule has 2 rings (SSSR count). The van der Waals surface area contributed by atoms with Gasteiger partial charge in [0.25, 0.3) is 0 Å². The molecule has 0 saturated carbocycles. The molecule has 1 aliphatic rings. The molecule has 12 heteroatoms. The molecule has 1 fully saturated rings. The van der Waals surface area contributed by atoms with E-state index < -0.39 is 55.9 Å². The first-order valence-electron chi connectivity index (χ1n) is 9.12. The Labute approximate surface area is 169 Å². The molecule has 0 amide bonds. The molecule has 2 heterocycles. The number of aliphatic hydroxyl groups is 1. The molecule has 5 atom stereocenters. The normalized spacial score (nSPS) is 27.7. The first kappa shape index (κ1) is 23.9. The van der Waals surface area contributed by atoms with Crippen molar-refractivity contribution in [1.82, 2.24) is 9.55 Å². The molecule has 29 heavy (non-hydrogen) atoms. The third-order valence-electron chi connectivity index (χ3n) is 3.72. The SMILES string of the molecule is CC(C)(C)OC1C(COP(=O)(O)OC(C)(C)C)OC(n2ccc(N)nc2=O)C1O. The maximum absolute atomic E-state index is 12.2. The smallest absolute Gasteiger partial charge is 0.386 e. The van der Waals surface area contributed by atoms with Gasteiger partial charge in [0.2, 0.25) is 0 Å². The number of nitrogens with two attached hydrogens (primary N) is 1. The second-order valence-electron chi connectivity index (χ2n) is 8.76. The minimum atomic E-state index is -4.39. The number of hydrogen-bond donors (Lipinski definition) is 3. The van der Waals surface area contributed by atoms with Crippen LogP contribution in [-0.4, -0.2) is 55.7 Å². The van der Waals surface area contributed by atoms with Crippen molar-refractivity contribution in [3.05, 3.63) is 22.7 Å². The van der Waals surface area contributed by atoms with Gasteiger partial charge in [0, 0.05) is 6.20 Å². The molecule has 1 aliphatic heterocycles. The summed E-state index contributed by atoms with van der Waals surface area (Å²) in [5.41, 5.74) is 3.21. The van der Waals surface area contributed by atoms with Gasteiger partial charge in [0.05, 0.1) is 17.8 Å². The Morgan fingerprint density at radius 2 is 1.90 bits per heavy atom. The zero-order chi connectivity index (χ0) is 22.2. The summed E-state index contributed by atoms with van der Waals surface area (Å²) in [6.45, 7) is 9.76. The number of phosphoric acid groups is 1. The fraction of sp³-hybridized carbons (Fsp3) is 0.765. The van der Waals surface area contributed by atoms with Crippen molar-refractivity contribution in [3.8, 4) is 0 Å². The lowest BCUT2D eigenvalue weighted by Crippen LogP contribution is -2.42. The molecular formula is C17H30N3O8P. The number of nitrogen functional groups attached to an aromatic ring is 1. The Bertz CT molecular complexity index is 816. The zero-order valence-electron chi connectivity index (χ0n) is 17.4. The number of aliphatic hydroxyl groups excluding tert-OH is 1. The van der Waals surface area contributed by atoms with Gasteiger partial charge in [-0.25, -0.2) is 9.36 Å². The number of nitrogens with zero attached hydrogens (tertiary/aromatic N) is 2. The Kier molecular flexibility index (Phi) is 6.96. The van der Waals surface area contributed by atoms with Gasteiger partial charge in [0.15, 0.2) is 6.23 Å². The zero-order valence-corrected chi connectivity index (χ0v) is 18.3. The van der Waals surface area contributed by atoms with Crippen molar-refractivity contribution in [2.24, 2.45) is 0 Å². The molecular weight excluding hydrogens is 405 g/mol. The summed E-state index contributed by atoms with van der Waals surface area (Å²) in [5, 5.41) is 10.8. The Morgan fingerprint density at radius 1 is 1.28 bits per heavy atom. The van der Waals surface area contributed by atoms with Gasteiger partial charge < -0.3 is 25.2 Å². The van der Waals surface area contributed by atoms with Crippen molar-refractivity contribution in [2.75, 3.05) is 12.3 Å². The van der Waals surface area contributed by atoms with Crippen LogP contribution in [-0.2, 0) is 23.1 Å². The first-order chi connectivity index (χ1) is 13.1. The van der Waals surface area contributed by atoms with E-state index >= 15 is 0 Å². The number of anilines is 1. The van der Waals surface area contributed by atoms with Crippen LogP contribution in [0.15, 0.2) is 17.1 Å². The van der Waals surface area contributed by atoms with Crippen LogP contribution in [0.2, 0.25) is 0 Å². The van der Waals surface area contributed by atoms with Crippen LogP contribution < -0.4 is 11.4 Å². The van der Waals surface area contributed by atoms with E-state index in [1.807, 2.05) is 0 Å². The van der Waals surface area contributed by atoms with E-state index in [-0.39, 0.29) is 5.82 Å². The highest BCUT2D eigenvalue weighted by atomic mass is 31.2. The Hall–Kier alpha value is -1.33. The average molecular weight is 435 g/mol. The summed E-state index contributed by atoms with van der Waals surface area (Å²) in [4.78, 5) is 25.7. The van der Waals surface area contributed by atoms with E-state index in [0.29, 0.717) is 0 Å². The molecule has 1 saturated heterocycles. The molecule has 0 radical (unpaired) electrons. The maximum Gasteiger partial charge on any atom is 0.472 e. The maximum atomic E-state index is 12.2. The Balaban J connectivity index is 2.24. The molecule has 0 bridgehead atoms. The van der Waals surface area contributed by atoms with Crippen LogP contribution in [0.25, 0.3) is 0 Å². The van der Waals surface area contributed by atoms with E-state index in [1.165, 1.54) is 12.3 Å². The highest BCUT2D eigenvalue weighted by Gasteiger charge is 2.48. The van der Waals surface area contributed by atoms with Crippen LogP contribution >= 0.6 is 7.82 Å². The summed E-state index contributed by atoms with van der Waals surface area (Å²) in [7, 11) is -4.39. The first-order valence-corrected chi connectivity index (χ1v) is 10.6. The minimum absolute atomic E-state index is 0.0293. The van der Waals surface area contributed by atoms with E-state index in [4.69, 9.17) is 24.3 Å². The lowest BCUT2D eigenvalue weighted by Gasteiger charge is -2.30. The van der Waals surface area contributed by atoms with Crippen molar-refractivity contribution >= 4 is 13.6 Å². The second-order valence-corrected chi connectivity index (χ2v) is 10.1. The molecule has 5 unspecified atom stereocenters. The monoisotopic (exact) mass is 435 g/mol. The van der Waals surface area contributed by atoms with Crippen molar-refractivity contribution in [1.29, 1.82) is 0 Å². The highest BCUT2D eigenvalue weighted by Crippen LogP contribution is 2.48. The number of aromatic nitrogens is 2. The summed E-state index contributed by atoms with van der Waals surface area (Å²) < 4.78 is 35.0. The van der Waals surface area contributed by atoms with Crippen LogP contribution in [0.3, 0.4) is 0 Å². The predicted molar refractivity (Wildman–Crippen MR) is 104 cm³/mol. The standard InChI is InChI=1S/C17H30N3O8P/c1-16(2,3)27-13-10(9-25-29(23,24)28-17(4,5)6)26-14(12(13)21)20-8-7-11(18)19-15(20)22/h7-8,10,12-14,21H,9H2,1-6H3,(H,23,24)(H2,18,19,22). The topological polar surface area (TPSA) is 155 Å². The predicted octanol–water partition coefficient (Wildman–Crippen LogP) is 1.20. The second kappa shape index (κ2) is 8.43. The van der Waals surface area contributed by atoms with Crippen molar-refractivity contribution < 1.29 is 33.1 Å². The molecule has 166 valence electrons. The number of hydrogen-bond acceptors (Lipinski definition) is 9. The summed E-state index contributed by atoms with van der Waals surface area (Å²) in [6.07, 6.45) is -2.97. The van der Waals surface area contributed by atoms with Gasteiger partial charge in [-0.05, 0) is 47.6 Å². The molecule has 1 aromatic heterocycles. The summed E-state index contributed by atoms with van der Waals surface area (Å²) in [5.74, 6) is 0.0293. The summed E-state index contributed by atoms with van der Waals surface area (Å²) >= 11 is 0. The number of phosphoric ester groups is 1. The molecule has 4 N–H and O–H groups in total. The van der Waals surface area contributed by atoms with Gasteiger partial charge in [-0.15, -0.1) is 0 Å². The quantitative estimate of drug-likeness (QED) is 0.555. The van der Waals surface area contributed by atoms with E-state index in [2.05, 4.69) is 4.98 Å². The van der Waals surface area contributed by atoms with Gasteiger partial charge in [-0.1, -0.05) is 0 Å². The van der Waals surface area contributed by atoms with Gasteiger partial charge in [-0.2, -0.15) is 4.98 Å². The van der Waals surface area contributed by atoms with Crippen LogP contribution in [0, 0.1) is 0 Å². The molecule has 0 aromatic carbocycles. The van der Waals surface area contributed by atoms with E-state index in [9.17, 15) is 19.4 Å². The minimum Gasteiger partial charge on any atom is -0.386 e. The van der Waals surface area contributed by atoms with E-state index in [0.717, 1.165) is 4.57 Å². The third kappa shape index (κ3) is 6.85. The molecule has 11 nitrogen and oxygen atoms in total. The van der Waals surface area contributed by atoms with Crippen molar-refractivity contribution in [2.45, 2.75) is 77.3 Å². The van der Waals surface area contributed by atoms with Crippen molar-refractivity contribution in [3.63, 3.8) is 0 Å². The van der Waals surface area contributed by atoms with Gasteiger partial charge in [-0.3, -0.25) is 13.6 Å². The van der Waals surface area contributed by atoms with E-state index in [1.54, 1.807) is 41.5 Å². The highest BCUT2D eigenvalue weighted by molar-refractivity contribution is 7.47. The third-order valence-corrected chi connectivity index (χ3v) is 4.97. The fourth-order valence-electron chi connectivity index (χ4n) is 2.80. The summed E-state index contributed by atoms with van der Waals surface area (Å²) in [6, 6.07) is 1.39. The largest absolute Gasteiger partial charge is 0.472 e. The number of ether oxygens (including phenoxy) is 2. The van der Waals surface area contributed by atoms with Crippen LogP contribution in [0.4, 0.5) is 5.82 Å². The van der Waals surface area contributed by atoms with Crippen LogP contribution in [0.1, 0.15) is 47.8 Å². The number of rotatable bonds is 6. The Morgan fingerprint density at radius 3 is 2.41 bits per heavy atom. The lowest BCUT2D eigenvalue weighted by molar-refractivity contribution is -0.119. The van der Waals surface area contributed by atoms with Gasteiger partial charge >= 0.3 is 13.5 Å². The van der Waals surface area contributed by atoms with Gasteiger partial charge in [0.1, 0.15) is 24.1 Å². The molecule has 0 spiro atoms. The fourth-order valence-corrected chi connectivity index (χ4v) is 3.88.